The molecule has 1 aliphatic carbocycles. The van der Waals surface area contributed by atoms with Crippen LogP contribution in [0.4, 0.5) is 5.69 Å². The molecule has 2 amide bonds. The molecule has 0 bridgehead atoms. The Kier molecular flexibility index (Phi) is 3.56. The molecule has 1 fully saturated rings. The molecule has 1 unspecified atom stereocenters. The van der Waals surface area contributed by atoms with Gasteiger partial charge in [-0.05, 0) is 49.9 Å². The molecule has 0 saturated heterocycles. The van der Waals surface area contributed by atoms with Gasteiger partial charge in [0.25, 0.3) is 11.8 Å². The number of hydrogen-bond acceptors (Lipinski definition) is 3. The van der Waals surface area contributed by atoms with Crippen molar-refractivity contribution in [2.45, 2.75) is 38.3 Å². The predicted octanol–water partition coefficient (Wildman–Crippen LogP) is 2.57. The van der Waals surface area contributed by atoms with Gasteiger partial charge in [0.2, 0.25) is 0 Å². The molecule has 0 spiro atoms. The van der Waals surface area contributed by atoms with Gasteiger partial charge < -0.3 is 10.2 Å². The van der Waals surface area contributed by atoms with Gasteiger partial charge in [0, 0.05) is 17.8 Å². The van der Waals surface area contributed by atoms with Crippen molar-refractivity contribution < 1.29 is 9.59 Å². The van der Waals surface area contributed by atoms with E-state index in [1.165, 1.54) is 5.56 Å². The number of para-hydroxylation sites is 1. The summed E-state index contributed by atoms with van der Waals surface area (Å²) in [4.78, 5) is 31.2. The second-order valence-corrected chi connectivity index (χ2v) is 6.51. The third kappa shape index (κ3) is 2.66. The number of benzene rings is 1. The highest BCUT2D eigenvalue weighted by molar-refractivity contribution is 6.07. The lowest BCUT2D eigenvalue weighted by molar-refractivity contribution is 0.0945. The largest absolute Gasteiger partial charge is 0.348 e. The minimum Gasteiger partial charge on any atom is -0.348 e. The second-order valence-electron chi connectivity index (χ2n) is 6.51. The zero-order valence-electron chi connectivity index (χ0n) is 13.5. The van der Waals surface area contributed by atoms with Crippen molar-refractivity contribution in [1.29, 1.82) is 0 Å². The summed E-state index contributed by atoms with van der Waals surface area (Å²) in [5.74, 6) is -0.365. The number of aromatic nitrogens is 1. The Bertz CT molecular complexity index is 814. The van der Waals surface area contributed by atoms with Crippen molar-refractivity contribution in [1.82, 2.24) is 10.3 Å². The number of anilines is 1. The van der Waals surface area contributed by atoms with Crippen molar-refractivity contribution in [3.05, 3.63) is 59.4 Å². The van der Waals surface area contributed by atoms with Crippen LogP contribution in [0.25, 0.3) is 0 Å². The molecule has 0 radical (unpaired) electrons. The fraction of sp³-hybridized carbons (Fsp3) is 0.316. The Balaban J connectivity index is 1.61. The van der Waals surface area contributed by atoms with Crippen LogP contribution < -0.4 is 10.2 Å². The molecule has 1 saturated carbocycles. The minimum atomic E-state index is -0.206. The van der Waals surface area contributed by atoms with E-state index in [0.717, 1.165) is 24.9 Å². The summed E-state index contributed by atoms with van der Waals surface area (Å²) in [6.45, 7) is 2.03. The molecule has 24 heavy (non-hydrogen) atoms. The zero-order valence-corrected chi connectivity index (χ0v) is 13.5. The molecule has 1 N–H and O–H groups in total. The number of hydrogen-bond donors (Lipinski definition) is 1. The third-order valence-corrected chi connectivity index (χ3v) is 4.54. The average molecular weight is 321 g/mol. The standard InChI is InChI=1S/C19H19N3O2/c1-12-11-13-5-2-3-8-17(13)22(12)19(24)16-7-4-6-15(21-16)18(23)20-14-9-10-14/h2-8,12,14H,9-11H2,1H3,(H,20,23). The number of carbonyl (C=O) groups excluding carboxylic acids is 2. The summed E-state index contributed by atoms with van der Waals surface area (Å²) >= 11 is 0. The van der Waals surface area contributed by atoms with Crippen molar-refractivity contribution in [2.24, 2.45) is 0 Å². The van der Waals surface area contributed by atoms with Gasteiger partial charge in [-0.15, -0.1) is 0 Å². The highest BCUT2D eigenvalue weighted by atomic mass is 16.2. The summed E-state index contributed by atoms with van der Waals surface area (Å²) in [5, 5.41) is 2.90. The normalized spacial score (nSPS) is 19.0. The molecule has 2 heterocycles. The van der Waals surface area contributed by atoms with Crippen LogP contribution in [0.2, 0.25) is 0 Å². The summed E-state index contributed by atoms with van der Waals surface area (Å²) in [7, 11) is 0. The first-order valence-corrected chi connectivity index (χ1v) is 8.33. The van der Waals surface area contributed by atoms with E-state index in [1.54, 1.807) is 23.1 Å². The van der Waals surface area contributed by atoms with Crippen LogP contribution in [0, 0.1) is 0 Å². The Morgan fingerprint density at radius 1 is 1.08 bits per heavy atom. The van der Waals surface area contributed by atoms with E-state index in [9.17, 15) is 9.59 Å². The average Bonchev–Trinajstić information content (AvgIpc) is 3.34. The predicted molar refractivity (Wildman–Crippen MR) is 91.1 cm³/mol. The molecular weight excluding hydrogens is 302 g/mol. The number of nitrogens with zero attached hydrogens (tertiary/aromatic N) is 2. The van der Waals surface area contributed by atoms with Gasteiger partial charge in [-0.2, -0.15) is 0 Å². The summed E-state index contributed by atoms with van der Waals surface area (Å²) in [5.41, 5.74) is 2.71. The van der Waals surface area contributed by atoms with Crippen molar-refractivity contribution in [3.63, 3.8) is 0 Å². The van der Waals surface area contributed by atoms with Crippen LogP contribution in [-0.2, 0) is 6.42 Å². The lowest BCUT2D eigenvalue weighted by Crippen LogP contribution is -2.36. The van der Waals surface area contributed by atoms with Gasteiger partial charge in [0.15, 0.2) is 0 Å². The van der Waals surface area contributed by atoms with E-state index in [4.69, 9.17) is 0 Å². The van der Waals surface area contributed by atoms with Crippen LogP contribution in [0.15, 0.2) is 42.5 Å². The molecule has 4 rings (SSSR count). The van der Waals surface area contributed by atoms with Crippen molar-refractivity contribution in [2.75, 3.05) is 4.90 Å². The van der Waals surface area contributed by atoms with Gasteiger partial charge in [-0.3, -0.25) is 9.59 Å². The molecule has 1 aromatic heterocycles. The Hall–Kier alpha value is -2.69. The molecule has 1 aliphatic heterocycles. The number of amides is 2. The SMILES string of the molecule is CC1Cc2ccccc2N1C(=O)c1cccc(C(=O)NC2CC2)n1. The van der Waals surface area contributed by atoms with E-state index in [1.807, 2.05) is 31.2 Å². The quantitative estimate of drug-likeness (QED) is 0.945. The Morgan fingerprint density at radius 2 is 1.83 bits per heavy atom. The lowest BCUT2D eigenvalue weighted by atomic mass is 10.1. The van der Waals surface area contributed by atoms with Crippen molar-refractivity contribution in [3.8, 4) is 0 Å². The zero-order chi connectivity index (χ0) is 16.7. The van der Waals surface area contributed by atoms with Gasteiger partial charge in [0.1, 0.15) is 11.4 Å². The van der Waals surface area contributed by atoms with Crippen LogP contribution in [-0.4, -0.2) is 28.9 Å². The molecule has 2 aromatic rings. The van der Waals surface area contributed by atoms with Gasteiger partial charge in [-0.25, -0.2) is 4.98 Å². The van der Waals surface area contributed by atoms with Gasteiger partial charge in [-0.1, -0.05) is 24.3 Å². The van der Waals surface area contributed by atoms with E-state index in [-0.39, 0.29) is 23.9 Å². The van der Waals surface area contributed by atoms with E-state index < -0.39 is 0 Å². The maximum Gasteiger partial charge on any atom is 0.277 e. The second kappa shape index (κ2) is 5.74. The number of carbonyl (C=O) groups is 2. The molecule has 5 heteroatoms. The molecule has 2 aliphatic rings. The summed E-state index contributed by atoms with van der Waals surface area (Å²) in [6, 6.07) is 13.3. The fourth-order valence-electron chi connectivity index (χ4n) is 3.17. The highest BCUT2D eigenvalue weighted by Gasteiger charge is 2.32. The molecule has 1 atom stereocenters. The van der Waals surface area contributed by atoms with E-state index in [0.29, 0.717) is 11.4 Å². The Labute approximate surface area is 140 Å². The third-order valence-electron chi connectivity index (χ3n) is 4.54. The fourth-order valence-corrected chi connectivity index (χ4v) is 3.17. The van der Waals surface area contributed by atoms with Crippen LogP contribution >= 0.6 is 0 Å². The van der Waals surface area contributed by atoms with Gasteiger partial charge in [0.05, 0.1) is 0 Å². The van der Waals surface area contributed by atoms with Crippen LogP contribution in [0.1, 0.15) is 46.3 Å². The Morgan fingerprint density at radius 3 is 2.62 bits per heavy atom. The first-order valence-electron chi connectivity index (χ1n) is 8.33. The number of nitrogens with one attached hydrogen (secondary N) is 1. The van der Waals surface area contributed by atoms with E-state index in [2.05, 4.69) is 10.3 Å². The monoisotopic (exact) mass is 321 g/mol. The first-order chi connectivity index (χ1) is 11.6. The van der Waals surface area contributed by atoms with Crippen LogP contribution in [0.3, 0.4) is 0 Å². The highest BCUT2D eigenvalue weighted by Crippen LogP contribution is 2.32. The first kappa shape index (κ1) is 14.9. The topological polar surface area (TPSA) is 62.3 Å². The minimum absolute atomic E-state index is 0.0839. The lowest BCUT2D eigenvalue weighted by Gasteiger charge is -2.22. The van der Waals surface area contributed by atoms with Gasteiger partial charge >= 0.3 is 0 Å². The molecule has 5 nitrogen and oxygen atoms in total. The number of pyridine rings is 1. The smallest absolute Gasteiger partial charge is 0.277 e. The summed E-state index contributed by atoms with van der Waals surface area (Å²) in [6.07, 6.45) is 2.88. The maximum absolute atomic E-state index is 13.0. The maximum atomic E-state index is 13.0. The molecule has 122 valence electrons. The molecular formula is C19H19N3O2. The number of rotatable bonds is 3. The van der Waals surface area contributed by atoms with E-state index >= 15 is 0 Å². The number of fused-ring (bicyclic) bond motifs is 1. The summed E-state index contributed by atoms with van der Waals surface area (Å²) < 4.78 is 0. The molecule has 1 aromatic carbocycles. The van der Waals surface area contributed by atoms with Crippen LogP contribution in [0.5, 0.6) is 0 Å². The van der Waals surface area contributed by atoms with Crippen molar-refractivity contribution >= 4 is 17.5 Å².